The van der Waals surface area contributed by atoms with Gasteiger partial charge < -0.3 is 10.2 Å². The first kappa shape index (κ1) is 19.0. The molecule has 0 aliphatic heterocycles. The third-order valence-electron chi connectivity index (χ3n) is 4.15. The Hall–Kier alpha value is -2.33. The molecule has 0 fully saturated rings. The van der Waals surface area contributed by atoms with Crippen molar-refractivity contribution in [2.45, 2.75) is 26.3 Å². The molecule has 0 heterocycles. The largest absolute Gasteiger partial charge is 0.355 e. The molecule has 132 valence electrons. The predicted octanol–water partition coefficient (Wildman–Crippen LogP) is 3.60. The minimum absolute atomic E-state index is 0.0760. The summed E-state index contributed by atoms with van der Waals surface area (Å²) in [5.41, 5.74) is 3.69. The van der Waals surface area contributed by atoms with Crippen LogP contribution in [-0.4, -0.2) is 30.8 Å². The maximum atomic E-state index is 12.3. The van der Waals surface area contributed by atoms with Gasteiger partial charge in [0.2, 0.25) is 5.91 Å². The summed E-state index contributed by atoms with van der Waals surface area (Å²) < 4.78 is 0. The Bertz CT molecular complexity index is 757. The summed E-state index contributed by atoms with van der Waals surface area (Å²) in [7, 11) is 3.39. The van der Waals surface area contributed by atoms with Crippen molar-refractivity contribution >= 4 is 23.4 Å². The Balaban J connectivity index is 1.89. The number of nitrogens with zero attached hydrogens (tertiary/aromatic N) is 1. The van der Waals surface area contributed by atoms with E-state index in [0.29, 0.717) is 24.9 Å². The summed E-state index contributed by atoms with van der Waals surface area (Å²) in [6.07, 6.45) is 1.10. The van der Waals surface area contributed by atoms with Gasteiger partial charge >= 0.3 is 0 Å². The average molecular weight is 359 g/mol. The zero-order valence-electron chi connectivity index (χ0n) is 14.8. The first-order valence-electron chi connectivity index (χ1n) is 8.20. The molecule has 0 radical (unpaired) electrons. The van der Waals surface area contributed by atoms with E-state index >= 15 is 0 Å². The fraction of sp³-hybridized carbons (Fsp3) is 0.300. The molecule has 2 aromatic carbocycles. The van der Waals surface area contributed by atoms with Crippen molar-refractivity contribution in [1.82, 2.24) is 10.2 Å². The standard InChI is InChI=1S/C20H23ClN2O2/c1-14-4-5-15(12-18(14)21)8-11-19(24)23(3)13-16-6-9-17(10-7-16)20(25)22-2/h4-7,9-10,12H,8,11,13H2,1-3H3,(H,22,25). The molecular weight excluding hydrogens is 336 g/mol. The van der Waals surface area contributed by atoms with Gasteiger partial charge in [0.05, 0.1) is 0 Å². The Kier molecular flexibility index (Phi) is 6.59. The van der Waals surface area contributed by atoms with Crippen LogP contribution in [0.25, 0.3) is 0 Å². The Morgan fingerprint density at radius 2 is 1.72 bits per heavy atom. The van der Waals surface area contributed by atoms with Crippen LogP contribution in [0.5, 0.6) is 0 Å². The molecule has 5 heteroatoms. The van der Waals surface area contributed by atoms with E-state index in [0.717, 1.165) is 21.7 Å². The van der Waals surface area contributed by atoms with Crippen molar-refractivity contribution in [3.8, 4) is 0 Å². The molecule has 0 saturated carbocycles. The van der Waals surface area contributed by atoms with Gasteiger partial charge in [-0.25, -0.2) is 0 Å². The maximum Gasteiger partial charge on any atom is 0.251 e. The van der Waals surface area contributed by atoms with Gasteiger partial charge in [0.15, 0.2) is 0 Å². The summed E-state index contributed by atoms with van der Waals surface area (Å²) >= 11 is 6.12. The van der Waals surface area contributed by atoms with Gasteiger partial charge in [-0.05, 0) is 48.2 Å². The van der Waals surface area contributed by atoms with E-state index in [1.165, 1.54) is 0 Å². The van der Waals surface area contributed by atoms with Crippen molar-refractivity contribution in [1.29, 1.82) is 0 Å². The van der Waals surface area contributed by atoms with Crippen molar-refractivity contribution in [2.75, 3.05) is 14.1 Å². The van der Waals surface area contributed by atoms with Gasteiger partial charge in [-0.2, -0.15) is 0 Å². The van der Waals surface area contributed by atoms with Gasteiger partial charge in [0, 0.05) is 37.6 Å². The number of carbonyl (C=O) groups excluding carboxylic acids is 2. The summed E-state index contributed by atoms with van der Waals surface area (Å²) in [4.78, 5) is 25.6. The van der Waals surface area contributed by atoms with Gasteiger partial charge in [0.25, 0.3) is 5.91 Å². The summed E-state index contributed by atoms with van der Waals surface area (Å²) in [5, 5.41) is 3.32. The van der Waals surface area contributed by atoms with E-state index in [2.05, 4.69) is 5.32 Å². The zero-order chi connectivity index (χ0) is 18.4. The van der Waals surface area contributed by atoms with Crippen LogP contribution in [0.3, 0.4) is 0 Å². The van der Waals surface area contributed by atoms with Crippen LogP contribution in [0.4, 0.5) is 0 Å². The van der Waals surface area contributed by atoms with Crippen LogP contribution in [-0.2, 0) is 17.8 Å². The fourth-order valence-corrected chi connectivity index (χ4v) is 2.71. The summed E-state index contributed by atoms with van der Waals surface area (Å²) in [6, 6.07) is 13.2. The number of hydrogen-bond acceptors (Lipinski definition) is 2. The predicted molar refractivity (Wildman–Crippen MR) is 101 cm³/mol. The molecule has 2 aromatic rings. The maximum absolute atomic E-state index is 12.3. The van der Waals surface area contributed by atoms with Crippen molar-refractivity contribution < 1.29 is 9.59 Å². The number of benzene rings is 2. The van der Waals surface area contributed by atoms with Gasteiger partial charge in [-0.3, -0.25) is 9.59 Å². The van der Waals surface area contributed by atoms with E-state index in [-0.39, 0.29) is 11.8 Å². The fourth-order valence-electron chi connectivity index (χ4n) is 2.50. The highest BCUT2D eigenvalue weighted by Gasteiger charge is 2.11. The lowest BCUT2D eigenvalue weighted by atomic mass is 10.1. The number of aryl methyl sites for hydroxylation is 2. The van der Waals surface area contributed by atoms with Gasteiger partial charge in [0.1, 0.15) is 0 Å². The molecule has 0 unspecified atom stereocenters. The highest BCUT2D eigenvalue weighted by molar-refractivity contribution is 6.31. The van der Waals surface area contributed by atoms with Crippen LogP contribution in [0, 0.1) is 6.92 Å². The number of rotatable bonds is 6. The smallest absolute Gasteiger partial charge is 0.251 e. The summed E-state index contributed by atoms with van der Waals surface area (Å²) in [6.45, 7) is 2.47. The number of halogens is 1. The molecule has 2 amide bonds. The lowest BCUT2D eigenvalue weighted by molar-refractivity contribution is -0.130. The Labute approximate surface area is 153 Å². The molecule has 0 aliphatic rings. The first-order valence-corrected chi connectivity index (χ1v) is 8.58. The molecule has 0 spiro atoms. The minimum atomic E-state index is -0.118. The number of nitrogens with one attached hydrogen (secondary N) is 1. The first-order chi connectivity index (χ1) is 11.9. The van der Waals surface area contributed by atoms with E-state index in [4.69, 9.17) is 11.6 Å². The number of hydrogen-bond donors (Lipinski definition) is 1. The van der Waals surface area contributed by atoms with Crippen LogP contribution < -0.4 is 5.32 Å². The zero-order valence-corrected chi connectivity index (χ0v) is 15.6. The molecule has 25 heavy (non-hydrogen) atoms. The van der Waals surface area contributed by atoms with Crippen LogP contribution in [0.2, 0.25) is 5.02 Å². The lowest BCUT2D eigenvalue weighted by Crippen LogP contribution is -2.26. The number of carbonyl (C=O) groups is 2. The average Bonchev–Trinajstić information content (AvgIpc) is 2.62. The molecule has 0 aromatic heterocycles. The third-order valence-corrected chi connectivity index (χ3v) is 4.56. The normalized spacial score (nSPS) is 10.4. The Morgan fingerprint density at radius 3 is 2.32 bits per heavy atom. The Morgan fingerprint density at radius 1 is 1.08 bits per heavy atom. The van der Waals surface area contributed by atoms with E-state index in [9.17, 15) is 9.59 Å². The monoisotopic (exact) mass is 358 g/mol. The topological polar surface area (TPSA) is 49.4 Å². The third kappa shape index (κ3) is 5.33. The highest BCUT2D eigenvalue weighted by atomic mass is 35.5. The summed E-state index contributed by atoms with van der Waals surface area (Å²) in [5.74, 6) is -0.0418. The molecule has 0 aliphatic carbocycles. The second-order valence-electron chi connectivity index (χ2n) is 6.11. The van der Waals surface area contributed by atoms with Gasteiger partial charge in [-0.15, -0.1) is 0 Å². The van der Waals surface area contributed by atoms with Crippen molar-refractivity contribution in [3.63, 3.8) is 0 Å². The van der Waals surface area contributed by atoms with Crippen molar-refractivity contribution in [2.24, 2.45) is 0 Å². The van der Waals surface area contributed by atoms with Crippen molar-refractivity contribution in [3.05, 3.63) is 69.7 Å². The second kappa shape index (κ2) is 8.67. The van der Waals surface area contributed by atoms with Crippen LogP contribution in [0.15, 0.2) is 42.5 Å². The SMILES string of the molecule is CNC(=O)c1ccc(CN(C)C(=O)CCc2ccc(C)c(Cl)c2)cc1. The van der Waals surface area contributed by atoms with E-state index < -0.39 is 0 Å². The number of amides is 2. The molecule has 0 atom stereocenters. The minimum Gasteiger partial charge on any atom is -0.355 e. The molecule has 4 nitrogen and oxygen atoms in total. The van der Waals surface area contributed by atoms with Crippen LogP contribution in [0.1, 0.15) is 33.5 Å². The quantitative estimate of drug-likeness (QED) is 0.857. The molecular formula is C20H23ClN2O2. The van der Waals surface area contributed by atoms with E-state index in [1.54, 1.807) is 31.1 Å². The molecule has 1 N–H and O–H groups in total. The highest BCUT2D eigenvalue weighted by Crippen LogP contribution is 2.18. The molecule has 2 rings (SSSR count). The van der Waals surface area contributed by atoms with E-state index in [1.807, 2.05) is 37.3 Å². The molecule has 0 bridgehead atoms. The molecule has 0 saturated heterocycles. The lowest BCUT2D eigenvalue weighted by Gasteiger charge is -2.17. The van der Waals surface area contributed by atoms with Gasteiger partial charge in [-0.1, -0.05) is 35.9 Å². The van der Waals surface area contributed by atoms with Crippen LogP contribution >= 0.6 is 11.6 Å². The second-order valence-corrected chi connectivity index (χ2v) is 6.52.